The van der Waals surface area contributed by atoms with Crippen molar-refractivity contribution in [1.82, 2.24) is 9.29 Å². The van der Waals surface area contributed by atoms with E-state index in [0.29, 0.717) is 43.1 Å². The molecule has 0 radical (unpaired) electrons. The van der Waals surface area contributed by atoms with Crippen LogP contribution in [0.2, 0.25) is 5.02 Å². The first kappa shape index (κ1) is 20.0. The van der Waals surface area contributed by atoms with E-state index in [1.807, 2.05) is 0 Å². The second kappa shape index (κ2) is 8.95. The summed E-state index contributed by atoms with van der Waals surface area (Å²) < 4.78 is 27.2. The molecule has 2 heterocycles. The Hall–Kier alpha value is -1.76. The van der Waals surface area contributed by atoms with Gasteiger partial charge in [0, 0.05) is 30.7 Å². The number of carbonyl (C=O) groups is 1. The van der Waals surface area contributed by atoms with Crippen LogP contribution in [0.1, 0.15) is 48.2 Å². The number of hydrogen-bond acceptors (Lipinski definition) is 4. The number of carbonyl (C=O) groups excluding carboxylic acids is 1. The lowest BCUT2D eigenvalue weighted by atomic mass is 10.1. The summed E-state index contributed by atoms with van der Waals surface area (Å²) in [5, 5.41) is 0.526. The summed E-state index contributed by atoms with van der Waals surface area (Å²) in [4.78, 5) is 16.5. The van der Waals surface area contributed by atoms with Crippen molar-refractivity contribution in [1.29, 1.82) is 0 Å². The van der Waals surface area contributed by atoms with Crippen molar-refractivity contribution in [3.8, 4) is 0 Å². The third-order valence-corrected chi connectivity index (χ3v) is 7.03. The van der Waals surface area contributed by atoms with Crippen LogP contribution in [0.3, 0.4) is 0 Å². The molecule has 1 saturated heterocycles. The highest BCUT2D eigenvalue weighted by Gasteiger charge is 2.26. The number of aryl methyl sites for hydroxylation is 1. The van der Waals surface area contributed by atoms with Crippen molar-refractivity contribution in [2.75, 3.05) is 13.1 Å². The molecule has 0 aliphatic carbocycles. The van der Waals surface area contributed by atoms with E-state index in [9.17, 15) is 13.2 Å². The molecule has 1 aliphatic rings. The first-order chi connectivity index (χ1) is 13.0. The van der Waals surface area contributed by atoms with Gasteiger partial charge in [-0.15, -0.1) is 0 Å². The summed E-state index contributed by atoms with van der Waals surface area (Å²) in [7, 11) is -3.49. The molecule has 1 aromatic heterocycles. The highest BCUT2D eigenvalue weighted by Crippen LogP contribution is 2.26. The quantitative estimate of drug-likeness (QED) is 0.649. The van der Waals surface area contributed by atoms with Gasteiger partial charge in [0.2, 0.25) is 10.0 Å². The third kappa shape index (κ3) is 4.94. The van der Waals surface area contributed by atoms with Crippen LogP contribution in [0.25, 0.3) is 0 Å². The third-order valence-electron chi connectivity index (χ3n) is 4.77. The minimum Gasteiger partial charge on any atom is -0.292 e. The number of rotatable bonds is 7. The lowest BCUT2D eigenvalue weighted by molar-refractivity contribution is 0.0975. The predicted octanol–water partition coefficient (Wildman–Crippen LogP) is 4.12. The van der Waals surface area contributed by atoms with Gasteiger partial charge in [0.15, 0.2) is 5.78 Å². The number of nitrogens with zero attached hydrogens (tertiary/aromatic N) is 2. The lowest BCUT2D eigenvalue weighted by Crippen LogP contribution is -2.35. The van der Waals surface area contributed by atoms with Crippen LogP contribution in [0.5, 0.6) is 0 Å². The van der Waals surface area contributed by atoms with Crippen molar-refractivity contribution in [2.45, 2.75) is 43.4 Å². The van der Waals surface area contributed by atoms with Crippen LogP contribution < -0.4 is 0 Å². The molecule has 0 bridgehead atoms. The van der Waals surface area contributed by atoms with Gasteiger partial charge in [0.25, 0.3) is 0 Å². The van der Waals surface area contributed by atoms with E-state index in [-0.39, 0.29) is 10.7 Å². The molecule has 0 N–H and O–H groups in total. The average molecular weight is 407 g/mol. The zero-order valence-corrected chi connectivity index (χ0v) is 16.7. The molecule has 2 aromatic rings. The van der Waals surface area contributed by atoms with Crippen LogP contribution >= 0.6 is 11.6 Å². The molecule has 5 nitrogen and oxygen atoms in total. The van der Waals surface area contributed by atoms with E-state index in [1.165, 1.54) is 0 Å². The topological polar surface area (TPSA) is 67.3 Å². The van der Waals surface area contributed by atoms with Gasteiger partial charge in [-0.05, 0) is 61.6 Å². The fraction of sp³-hybridized carbons (Fsp3) is 0.400. The number of ketones is 1. The van der Waals surface area contributed by atoms with Gasteiger partial charge < -0.3 is 0 Å². The molecule has 3 rings (SSSR count). The first-order valence-corrected chi connectivity index (χ1v) is 11.0. The molecular weight excluding hydrogens is 384 g/mol. The molecule has 144 valence electrons. The fourth-order valence-corrected chi connectivity index (χ4v) is 5.03. The molecule has 0 unspecified atom stereocenters. The predicted molar refractivity (Wildman–Crippen MR) is 106 cm³/mol. The maximum absolute atomic E-state index is 12.8. The monoisotopic (exact) mass is 406 g/mol. The standard InChI is InChI=1S/C20H23ClN2O3S/c21-18-11-10-17(27(25,26)23-13-4-1-5-14-23)15-16(18)7-6-9-20(24)19-8-2-3-12-22-19/h2-3,8,10-12,15H,1,4-7,9,13-14H2. The minimum absolute atomic E-state index is 0.0242. The summed E-state index contributed by atoms with van der Waals surface area (Å²) in [6.45, 7) is 1.14. The highest BCUT2D eigenvalue weighted by atomic mass is 35.5. The smallest absolute Gasteiger partial charge is 0.243 e. The van der Waals surface area contributed by atoms with Crippen molar-refractivity contribution in [3.63, 3.8) is 0 Å². The summed E-state index contributed by atoms with van der Waals surface area (Å²) >= 11 is 6.26. The summed E-state index contributed by atoms with van der Waals surface area (Å²) in [6, 6.07) is 10.1. The molecule has 7 heteroatoms. The average Bonchev–Trinajstić information content (AvgIpc) is 2.70. The van der Waals surface area contributed by atoms with E-state index >= 15 is 0 Å². The van der Waals surface area contributed by atoms with Crippen LogP contribution in [0.4, 0.5) is 0 Å². The summed E-state index contributed by atoms with van der Waals surface area (Å²) in [5.41, 5.74) is 1.20. The zero-order chi connectivity index (χ0) is 19.3. The van der Waals surface area contributed by atoms with Gasteiger partial charge in [-0.3, -0.25) is 9.78 Å². The van der Waals surface area contributed by atoms with Crippen molar-refractivity contribution < 1.29 is 13.2 Å². The number of aromatic nitrogens is 1. The molecule has 1 fully saturated rings. The maximum Gasteiger partial charge on any atom is 0.243 e. The van der Waals surface area contributed by atoms with Crippen LogP contribution in [-0.2, 0) is 16.4 Å². The molecule has 0 spiro atoms. The van der Waals surface area contributed by atoms with Crippen molar-refractivity contribution in [3.05, 3.63) is 58.9 Å². The number of Topliss-reactive ketones (excluding diaryl/α,β-unsaturated/α-hetero) is 1. The number of hydrogen-bond donors (Lipinski definition) is 0. The molecular formula is C20H23ClN2O3S. The van der Waals surface area contributed by atoms with E-state index in [0.717, 1.165) is 24.8 Å². The SMILES string of the molecule is O=C(CCCc1cc(S(=O)(=O)N2CCCCC2)ccc1Cl)c1ccccn1. The maximum atomic E-state index is 12.8. The second-order valence-electron chi connectivity index (χ2n) is 6.71. The number of halogens is 1. The highest BCUT2D eigenvalue weighted by molar-refractivity contribution is 7.89. The molecule has 0 amide bonds. The van der Waals surface area contributed by atoms with Gasteiger partial charge in [0.1, 0.15) is 5.69 Å². The van der Waals surface area contributed by atoms with E-state index in [2.05, 4.69) is 4.98 Å². The van der Waals surface area contributed by atoms with E-state index < -0.39 is 10.0 Å². The Balaban J connectivity index is 1.67. The van der Waals surface area contributed by atoms with Gasteiger partial charge in [-0.2, -0.15) is 4.31 Å². The van der Waals surface area contributed by atoms with Gasteiger partial charge in [-0.25, -0.2) is 8.42 Å². The fourth-order valence-electron chi connectivity index (χ4n) is 3.25. The van der Waals surface area contributed by atoms with E-state index in [1.54, 1.807) is 46.9 Å². The van der Waals surface area contributed by atoms with Crippen LogP contribution in [0, 0.1) is 0 Å². The van der Waals surface area contributed by atoms with Crippen molar-refractivity contribution >= 4 is 27.4 Å². The van der Waals surface area contributed by atoms with Crippen LogP contribution in [-0.4, -0.2) is 36.6 Å². The van der Waals surface area contributed by atoms with E-state index in [4.69, 9.17) is 11.6 Å². The van der Waals surface area contributed by atoms with Crippen molar-refractivity contribution in [2.24, 2.45) is 0 Å². The number of benzene rings is 1. The second-order valence-corrected chi connectivity index (χ2v) is 9.05. The van der Waals surface area contributed by atoms with Gasteiger partial charge in [0.05, 0.1) is 4.90 Å². The van der Waals surface area contributed by atoms with Gasteiger partial charge in [-0.1, -0.05) is 24.1 Å². The molecule has 1 aromatic carbocycles. The number of piperidine rings is 1. The first-order valence-electron chi connectivity index (χ1n) is 9.21. The lowest BCUT2D eigenvalue weighted by Gasteiger charge is -2.26. The summed E-state index contributed by atoms with van der Waals surface area (Å²) in [5.74, 6) is -0.0242. The Kier molecular flexibility index (Phi) is 6.63. The molecule has 0 saturated carbocycles. The Morgan fingerprint density at radius 3 is 2.59 bits per heavy atom. The number of pyridine rings is 1. The summed E-state index contributed by atoms with van der Waals surface area (Å²) in [6.07, 6.45) is 5.94. The molecule has 27 heavy (non-hydrogen) atoms. The Morgan fingerprint density at radius 2 is 1.89 bits per heavy atom. The largest absolute Gasteiger partial charge is 0.292 e. The zero-order valence-electron chi connectivity index (χ0n) is 15.1. The Labute approximate surface area is 165 Å². The molecule has 0 atom stereocenters. The normalized spacial score (nSPS) is 15.6. The number of sulfonamides is 1. The Morgan fingerprint density at radius 1 is 1.11 bits per heavy atom. The van der Waals surface area contributed by atoms with Gasteiger partial charge >= 0.3 is 0 Å². The minimum atomic E-state index is -3.49. The molecule has 1 aliphatic heterocycles. The Bertz CT molecular complexity index is 895. The van der Waals surface area contributed by atoms with Crippen LogP contribution in [0.15, 0.2) is 47.5 Å².